The van der Waals surface area contributed by atoms with Crippen molar-refractivity contribution in [1.29, 1.82) is 0 Å². The van der Waals surface area contributed by atoms with E-state index < -0.39 is 0 Å². The van der Waals surface area contributed by atoms with Gasteiger partial charge in [-0.1, -0.05) is 11.6 Å². The number of fused-ring (bicyclic) bond motifs is 1. The van der Waals surface area contributed by atoms with Gasteiger partial charge in [-0.3, -0.25) is 0 Å². The van der Waals surface area contributed by atoms with Crippen LogP contribution in [0.25, 0.3) is 10.2 Å². The molecule has 2 aromatic heterocycles. The van der Waals surface area contributed by atoms with E-state index in [9.17, 15) is 0 Å². The van der Waals surface area contributed by atoms with Gasteiger partial charge in [-0.2, -0.15) is 0 Å². The van der Waals surface area contributed by atoms with Gasteiger partial charge in [0.25, 0.3) is 0 Å². The van der Waals surface area contributed by atoms with Crippen LogP contribution in [0.1, 0.15) is 4.88 Å². The molecule has 0 aliphatic heterocycles. The van der Waals surface area contributed by atoms with Crippen molar-refractivity contribution in [3.05, 3.63) is 28.2 Å². The Kier molecular flexibility index (Phi) is 2.00. The molecule has 0 fully saturated rings. The Morgan fingerprint density at radius 3 is 3.08 bits per heavy atom. The van der Waals surface area contributed by atoms with Crippen LogP contribution >= 0.6 is 22.9 Å². The van der Waals surface area contributed by atoms with E-state index in [0.29, 0.717) is 11.7 Å². The minimum atomic E-state index is 0.531. The van der Waals surface area contributed by atoms with Crippen molar-refractivity contribution >= 4 is 33.2 Å². The van der Waals surface area contributed by atoms with Gasteiger partial charge in [-0.05, 0) is 18.2 Å². The van der Waals surface area contributed by atoms with Gasteiger partial charge < -0.3 is 5.73 Å². The monoisotopic (exact) mass is 198 g/mol. The highest BCUT2D eigenvalue weighted by Gasteiger charge is 2.01. The molecule has 2 aromatic rings. The molecule has 0 saturated carbocycles. The molecule has 0 aromatic carbocycles. The molecule has 0 unspecified atom stereocenters. The summed E-state index contributed by atoms with van der Waals surface area (Å²) < 4.78 is 1.14. The summed E-state index contributed by atoms with van der Waals surface area (Å²) in [6.45, 7) is 0.568. The van der Waals surface area contributed by atoms with E-state index in [0.717, 1.165) is 15.1 Å². The van der Waals surface area contributed by atoms with Gasteiger partial charge in [0.2, 0.25) is 0 Å². The first-order valence-electron chi connectivity index (χ1n) is 3.54. The Labute approximate surface area is 79.0 Å². The summed E-state index contributed by atoms with van der Waals surface area (Å²) in [5.74, 6) is 0. The quantitative estimate of drug-likeness (QED) is 0.715. The number of pyridine rings is 1. The number of halogens is 1. The molecule has 12 heavy (non-hydrogen) atoms. The normalized spacial score (nSPS) is 10.8. The van der Waals surface area contributed by atoms with E-state index in [2.05, 4.69) is 4.98 Å². The summed E-state index contributed by atoms with van der Waals surface area (Å²) in [6.07, 6.45) is 0. The lowest BCUT2D eigenvalue weighted by Crippen LogP contribution is -1.91. The van der Waals surface area contributed by atoms with E-state index in [1.807, 2.05) is 12.1 Å². The highest BCUT2D eigenvalue weighted by atomic mass is 35.5. The van der Waals surface area contributed by atoms with Gasteiger partial charge >= 0.3 is 0 Å². The Morgan fingerprint density at radius 2 is 2.33 bits per heavy atom. The largest absolute Gasteiger partial charge is 0.326 e. The molecule has 4 heteroatoms. The Hall–Kier alpha value is -0.640. The zero-order valence-electron chi connectivity index (χ0n) is 6.25. The van der Waals surface area contributed by atoms with Crippen LogP contribution in [0.2, 0.25) is 5.15 Å². The van der Waals surface area contributed by atoms with Crippen molar-refractivity contribution in [1.82, 2.24) is 4.98 Å². The van der Waals surface area contributed by atoms with Gasteiger partial charge in [0, 0.05) is 11.4 Å². The summed E-state index contributed by atoms with van der Waals surface area (Å²) >= 11 is 7.39. The molecule has 0 radical (unpaired) electrons. The molecule has 0 aliphatic rings. The molecule has 0 bridgehead atoms. The van der Waals surface area contributed by atoms with Crippen molar-refractivity contribution < 1.29 is 0 Å². The molecule has 0 spiro atoms. The number of aromatic nitrogens is 1. The fourth-order valence-corrected chi connectivity index (χ4v) is 2.09. The SMILES string of the molecule is NCc1cc2nc(Cl)ccc2s1. The summed E-state index contributed by atoms with van der Waals surface area (Å²) in [4.78, 5) is 5.30. The molecule has 0 atom stereocenters. The van der Waals surface area contributed by atoms with Crippen molar-refractivity contribution in [3.8, 4) is 0 Å². The number of hydrogen-bond acceptors (Lipinski definition) is 3. The lowest BCUT2D eigenvalue weighted by Gasteiger charge is -1.87. The molecular weight excluding hydrogens is 192 g/mol. The summed E-state index contributed by atoms with van der Waals surface area (Å²) in [5, 5.41) is 0.531. The molecule has 0 saturated heterocycles. The van der Waals surface area contributed by atoms with E-state index in [1.54, 1.807) is 17.4 Å². The van der Waals surface area contributed by atoms with Crippen LogP contribution in [-0.4, -0.2) is 4.98 Å². The minimum absolute atomic E-state index is 0.531. The highest BCUT2D eigenvalue weighted by molar-refractivity contribution is 7.19. The first kappa shape index (κ1) is 7.98. The number of rotatable bonds is 1. The van der Waals surface area contributed by atoms with Crippen LogP contribution < -0.4 is 5.73 Å². The van der Waals surface area contributed by atoms with Crippen LogP contribution in [0.15, 0.2) is 18.2 Å². The van der Waals surface area contributed by atoms with Gasteiger partial charge in [0.05, 0.1) is 10.2 Å². The average molecular weight is 199 g/mol. The smallest absolute Gasteiger partial charge is 0.129 e. The highest BCUT2D eigenvalue weighted by Crippen LogP contribution is 2.24. The van der Waals surface area contributed by atoms with E-state index in [-0.39, 0.29) is 0 Å². The lowest BCUT2D eigenvalue weighted by molar-refractivity contribution is 1.11. The van der Waals surface area contributed by atoms with Gasteiger partial charge in [0.1, 0.15) is 5.15 Å². The number of nitrogens with two attached hydrogens (primary N) is 1. The second kappa shape index (κ2) is 3.01. The van der Waals surface area contributed by atoms with Crippen LogP contribution in [-0.2, 0) is 6.54 Å². The van der Waals surface area contributed by atoms with Crippen molar-refractivity contribution in [2.75, 3.05) is 0 Å². The van der Waals surface area contributed by atoms with Crippen LogP contribution in [0, 0.1) is 0 Å². The summed E-state index contributed by atoms with van der Waals surface area (Å²) in [5.41, 5.74) is 6.44. The molecule has 2 heterocycles. The zero-order chi connectivity index (χ0) is 8.55. The van der Waals surface area contributed by atoms with Crippen LogP contribution in [0.5, 0.6) is 0 Å². The second-order valence-electron chi connectivity index (χ2n) is 2.43. The van der Waals surface area contributed by atoms with Crippen molar-refractivity contribution in [3.63, 3.8) is 0 Å². The van der Waals surface area contributed by atoms with Gasteiger partial charge in [0.15, 0.2) is 0 Å². The molecule has 2 N–H and O–H groups in total. The topological polar surface area (TPSA) is 38.9 Å². The van der Waals surface area contributed by atoms with Gasteiger partial charge in [-0.15, -0.1) is 11.3 Å². The predicted octanol–water partition coefficient (Wildman–Crippen LogP) is 2.41. The standard InChI is InChI=1S/C8H7ClN2S/c9-8-2-1-7-6(11-8)3-5(4-10)12-7/h1-3H,4,10H2. The van der Waals surface area contributed by atoms with Gasteiger partial charge in [-0.25, -0.2) is 4.98 Å². The average Bonchev–Trinajstić information content (AvgIpc) is 2.46. The minimum Gasteiger partial charge on any atom is -0.326 e. The fourth-order valence-electron chi connectivity index (χ4n) is 1.05. The van der Waals surface area contributed by atoms with Crippen LogP contribution in [0.4, 0.5) is 0 Å². The third-order valence-corrected chi connectivity index (χ3v) is 2.91. The lowest BCUT2D eigenvalue weighted by atomic mass is 10.4. The number of thiophene rings is 1. The van der Waals surface area contributed by atoms with E-state index in [1.165, 1.54) is 0 Å². The first-order valence-corrected chi connectivity index (χ1v) is 4.74. The Bertz CT molecular complexity index is 410. The van der Waals surface area contributed by atoms with Crippen molar-refractivity contribution in [2.24, 2.45) is 5.73 Å². The molecule has 2 nitrogen and oxygen atoms in total. The Balaban J connectivity index is 2.67. The summed E-state index contributed by atoms with van der Waals surface area (Å²) in [6, 6.07) is 5.74. The van der Waals surface area contributed by atoms with E-state index in [4.69, 9.17) is 17.3 Å². The third-order valence-electron chi connectivity index (χ3n) is 1.59. The van der Waals surface area contributed by atoms with Crippen molar-refractivity contribution in [2.45, 2.75) is 6.54 Å². The Morgan fingerprint density at radius 1 is 1.50 bits per heavy atom. The maximum atomic E-state index is 5.73. The fraction of sp³-hybridized carbons (Fsp3) is 0.125. The predicted molar refractivity (Wildman–Crippen MR) is 52.5 cm³/mol. The molecule has 0 aliphatic carbocycles. The summed E-state index contributed by atoms with van der Waals surface area (Å²) in [7, 11) is 0. The maximum absolute atomic E-state index is 5.73. The zero-order valence-corrected chi connectivity index (χ0v) is 7.82. The molecular formula is C8H7ClN2S. The molecule has 2 rings (SSSR count). The molecule has 62 valence electrons. The molecule has 0 amide bonds. The first-order chi connectivity index (χ1) is 5.79. The third kappa shape index (κ3) is 1.31. The van der Waals surface area contributed by atoms with Crippen LogP contribution in [0.3, 0.4) is 0 Å². The number of nitrogens with zero attached hydrogens (tertiary/aromatic N) is 1. The number of hydrogen-bond donors (Lipinski definition) is 1. The van der Waals surface area contributed by atoms with E-state index >= 15 is 0 Å². The maximum Gasteiger partial charge on any atom is 0.129 e. The second-order valence-corrected chi connectivity index (χ2v) is 3.99.